The van der Waals surface area contributed by atoms with Gasteiger partial charge in [-0.25, -0.2) is 4.39 Å². The van der Waals surface area contributed by atoms with E-state index >= 15 is 0 Å². The van der Waals surface area contributed by atoms with Crippen molar-refractivity contribution in [2.45, 2.75) is 6.54 Å². The summed E-state index contributed by atoms with van der Waals surface area (Å²) in [6, 6.07) is 6.38. The van der Waals surface area contributed by atoms with Gasteiger partial charge in [-0.1, -0.05) is 12.1 Å². The largest absolute Gasteiger partial charge is 0.316 e. The Morgan fingerprint density at radius 2 is 1.69 bits per heavy atom. The van der Waals surface area contributed by atoms with Crippen LogP contribution in [0.4, 0.5) is 4.39 Å². The molecule has 2 rings (SSSR count). The van der Waals surface area contributed by atoms with E-state index in [9.17, 15) is 4.39 Å². The first-order valence-electron chi connectivity index (χ1n) is 3.91. The quantitative estimate of drug-likeness (QED) is 0.695. The molecule has 0 aliphatic carbocycles. The fourth-order valence-electron chi connectivity index (χ4n) is 1.10. The molecule has 2 aromatic rings. The maximum atomic E-state index is 12.5. The average molecular weight is 177 g/mol. The average Bonchev–Trinajstić information content (AvgIpc) is 2.62. The molecule has 66 valence electrons. The molecule has 0 radical (unpaired) electrons. The molecule has 0 unspecified atom stereocenters. The van der Waals surface area contributed by atoms with E-state index in [4.69, 9.17) is 0 Å². The van der Waals surface area contributed by atoms with Gasteiger partial charge in [0, 0.05) is 6.54 Å². The molecule has 0 aliphatic heterocycles. The van der Waals surface area contributed by atoms with Crippen molar-refractivity contribution >= 4 is 0 Å². The van der Waals surface area contributed by atoms with Crippen molar-refractivity contribution in [2.24, 2.45) is 0 Å². The number of hydrogen-bond donors (Lipinski definition) is 0. The lowest BCUT2D eigenvalue weighted by atomic mass is 10.2. The molecule has 0 spiro atoms. The van der Waals surface area contributed by atoms with E-state index in [0.717, 1.165) is 5.56 Å². The van der Waals surface area contributed by atoms with E-state index in [1.807, 2.05) is 4.57 Å². The predicted molar refractivity (Wildman–Crippen MR) is 45.5 cm³/mol. The van der Waals surface area contributed by atoms with Crippen LogP contribution in [0.5, 0.6) is 0 Å². The van der Waals surface area contributed by atoms with Gasteiger partial charge in [-0.05, 0) is 17.7 Å². The maximum Gasteiger partial charge on any atom is 0.123 e. The van der Waals surface area contributed by atoms with Crippen molar-refractivity contribution in [2.75, 3.05) is 0 Å². The van der Waals surface area contributed by atoms with Crippen LogP contribution in [0.15, 0.2) is 36.9 Å². The van der Waals surface area contributed by atoms with Crippen LogP contribution >= 0.6 is 0 Å². The van der Waals surface area contributed by atoms with Crippen LogP contribution in [-0.2, 0) is 6.54 Å². The Morgan fingerprint density at radius 1 is 1.08 bits per heavy atom. The Morgan fingerprint density at radius 3 is 2.31 bits per heavy atom. The predicted octanol–water partition coefficient (Wildman–Crippen LogP) is 1.47. The van der Waals surface area contributed by atoms with E-state index < -0.39 is 0 Å². The summed E-state index contributed by atoms with van der Waals surface area (Å²) in [4.78, 5) is 0. The summed E-state index contributed by atoms with van der Waals surface area (Å²) in [7, 11) is 0. The smallest absolute Gasteiger partial charge is 0.123 e. The number of halogens is 1. The zero-order chi connectivity index (χ0) is 9.10. The van der Waals surface area contributed by atoms with E-state index in [2.05, 4.69) is 10.2 Å². The van der Waals surface area contributed by atoms with Crippen molar-refractivity contribution < 1.29 is 4.39 Å². The molecule has 0 saturated heterocycles. The van der Waals surface area contributed by atoms with Crippen LogP contribution in [0.2, 0.25) is 0 Å². The van der Waals surface area contributed by atoms with Gasteiger partial charge < -0.3 is 4.57 Å². The highest BCUT2D eigenvalue weighted by Crippen LogP contribution is 2.03. The molecule has 1 aromatic carbocycles. The summed E-state index contributed by atoms with van der Waals surface area (Å²) < 4.78 is 14.4. The van der Waals surface area contributed by atoms with E-state index in [0.29, 0.717) is 6.54 Å². The molecule has 1 heterocycles. The second-order valence-corrected chi connectivity index (χ2v) is 2.76. The van der Waals surface area contributed by atoms with Gasteiger partial charge in [0.2, 0.25) is 0 Å². The summed E-state index contributed by atoms with van der Waals surface area (Å²) in [6.45, 7) is 0.674. The van der Waals surface area contributed by atoms with Gasteiger partial charge in [0.05, 0.1) is 0 Å². The van der Waals surface area contributed by atoms with Gasteiger partial charge in [0.1, 0.15) is 18.5 Å². The molecule has 0 saturated carbocycles. The molecule has 1 aromatic heterocycles. The summed E-state index contributed by atoms with van der Waals surface area (Å²) in [5.41, 5.74) is 1.03. The zero-order valence-electron chi connectivity index (χ0n) is 6.89. The number of rotatable bonds is 2. The minimum atomic E-state index is -0.215. The van der Waals surface area contributed by atoms with Gasteiger partial charge >= 0.3 is 0 Å². The Labute approximate surface area is 74.8 Å². The van der Waals surface area contributed by atoms with Gasteiger partial charge in [-0.3, -0.25) is 0 Å². The first-order valence-corrected chi connectivity index (χ1v) is 3.91. The first kappa shape index (κ1) is 7.91. The lowest BCUT2D eigenvalue weighted by Crippen LogP contribution is -1.95. The second kappa shape index (κ2) is 3.35. The minimum Gasteiger partial charge on any atom is -0.316 e. The Hall–Kier alpha value is -1.71. The summed E-state index contributed by atoms with van der Waals surface area (Å²) in [5.74, 6) is -0.215. The van der Waals surface area contributed by atoms with Crippen LogP contribution in [0.1, 0.15) is 5.56 Å². The lowest BCUT2D eigenvalue weighted by Gasteiger charge is -2.00. The topological polar surface area (TPSA) is 30.7 Å². The number of nitrogens with zero attached hydrogens (tertiary/aromatic N) is 3. The molecule has 0 N–H and O–H groups in total. The molecule has 13 heavy (non-hydrogen) atoms. The highest BCUT2D eigenvalue weighted by atomic mass is 19.1. The Bertz CT molecular complexity index is 366. The molecule has 4 heteroatoms. The third-order valence-corrected chi connectivity index (χ3v) is 1.74. The van der Waals surface area contributed by atoms with E-state index in [1.54, 1.807) is 24.8 Å². The number of hydrogen-bond acceptors (Lipinski definition) is 2. The van der Waals surface area contributed by atoms with Crippen LogP contribution < -0.4 is 0 Å². The fraction of sp³-hybridized carbons (Fsp3) is 0.111. The van der Waals surface area contributed by atoms with Crippen molar-refractivity contribution in [1.29, 1.82) is 0 Å². The normalized spacial score (nSPS) is 10.2. The van der Waals surface area contributed by atoms with Crippen molar-refractivity contribution in [3.05, 3.63) is 48.3 Å². The molecular weight excluding hydrogens is 169 g/mol. The molecule has 0 atom stereocenters. The third kappa shape index (κ3) is 1.90. The maximum absolute atomic E-state index is 12.5. The summed E-state index contributed by atoms with van der Waals surface area (Å²) in [6.07, 6.45) is 3.26. The Kier molecular flexibility index (Phi) is 2.04. The summed E-state index contributed by atoms with van der Waals surface area (Å²) >= 11 is 0. The SMILES string of the molecule is Fc1ccc(Cn2cnnc2)cc1. The third-order valence-electron chi connectivity index (χ3n) is 1.74. The van der Waals surface area contributed by atoms with Crippen molar-refractivity contribution in [3.8, 4) is 0 Å². The molecule has 0 bridgehead atoms. The van der Waals surface area contributed by atoms with Crippen molar-refractivity contribution in [1.82, 2.24) is 14.8 Å². The van der Waals surface area contributed by atoms with Gasteiger partial charge in [-0.2, -0.15) is 0 Å². The molecule has 3 nitrogen and oxygen atoms in total. The van der Waals surface area contributed by atoms with Crippen LogP contribution in [0.3, 0.4) is 0 Å². The monoisotopic (exact) mass is 177 g/mol. The second-order valence-electron chi connectivity index (χ2n) is 2.76. The Balaban J connectivity index is 2.15. The molecule has 0 fully saturated rings. The number of benzene rings is 1. The fourth-order valence-corrected chi connectivity index (χ4v) is 1.10. The first-order chi connectivity index (χ1) is 6.34. The number of aromatic nitrogens is 3. The molecule has 0 aliphatic rings. The molecular formula is C9H8FN3. The van der Waals surface area contributed by atoms with Gasteiger partial charge in [-0.15, -0.1) is 10.2 Å². The standard InChI is InChI=1S/C9H8FN3/c10-9-3-1-8(2-4-9)5-13-6-11-12-7-13/h1-4,6-7H,5H2. The van der Waals surface area contributed by atoms with Gasteiger partial charge in [0.25, 0.3) is 0 Å². The van der Waals surface area contributed by atoms with Crippen LogP contribution in [0, 0.1) is 5.82 Å². The highest BCUT2D eigenvalue weighted by molar-refractivity contribution is 5.16. The molecule has 0 amide bonds. The minimum absolute atomic E-state index is 0.215. The van der Waals surface area contributed by atoms with E-state index in [1.165, 1.54) is 12.1 Å². The van der Waals surface area contributed by atoms with Gasteiger partial charge in [0.15, 0.2) is 0 Å². The van der Waals surface area contributed by atoms with Crippen molar-refractivity contribution in [3.63, 3.8) is 0 Å². The highest BCUT2D eigenvalue weighted by Gasteiger charge is 1.94. The zero-order valence-corrected chi connectivity index (χ0v) is 6.89. The lowest BCUT2D eigenvalue weighted by molar-refractivity contribution is 0.626. The summed E-state index contributed by atoms with van der Waals surface area (Å²) in [5, 5.41) is 7.35. The van der Waals surface area contributed by atoms with E-state index in [-0.39, 0.29) is 5.82 Å². The van der Waals surface area contributed by atoms with Crippen LogP contribution in [0.25, 0.3) is 0 Å². The van der Waals surface area contributed by atoms with Crippen LogP contribution in [-0.4, -0.2) is 14.8 Å².